The van der Waals surface area contributed by atoms with Gasteiger partial charge in [0.25, 0.3) is 0 Å². The van der Waals surface area contributed by atoms with Gasteiger partial charge >= 0.3 is 0 Å². The lowest BCUT2D eigenvalue weighted by Crippen LogP contribution is -2.40. The smallest absolute Gasteiger partial charge is 0.249 e. The number of nitrogens with zero attached hydrogens (tertiary/aromatic N) is 3. The molecule has 1 N–H and O–H groups in total. The van der Waals surface area contributed by atoms with Crippen molar-refractivity contribution in [1.82, 2.24) is 14.7 Å². The number of piperidine rings is 1. The Balaban J connectivity index is 1.34. The summed E-state index contributed by atoms with van der Waals surface area (Å²) in [5.74, 6) is 0.887. The molecule has 2 saturated heterocycles. The number of carbonyl (C=O) groups excluding carboxylic acids is 2. The average molecular weight is 372 g/mol. The molecule has 2 fully saturated rings. The third kappa shape index (κ3) is 4.08. The predicted molar refractivity (Wildman–Crippen MR) is 101 cm³/mol. The molecule has 0 bridgehead atoms. The summed E-state index contributed by atoms with van der Waals surface area (Å²) in [6, 6.07) is 2.05. The topological polar surface area (TPSA) is 76.5 Å². The van der Waals surface area contributed by atoms with Crippen molar-refractivity contribution in [3.8, 4) is 0 Å². The van der Waals surface area contributed by atoms with Gasteiger partial charge in [-0.3, -0.25) is 9.59 Å². The molecular weight excluding hydrogens is 344 g/mol. The number of allylic oxidation sites excluding steroid dienone is 1. The van der Waals surface area contributed by atoms with Crippen molar-refractivity contribution in [3.63, 3.8) is 0 Å². The third-order valence-electron chi connectivity index (χ3n) is 5.89. The molecule has 7 nitrogen and oxygen atoms in total. The van der Waals surface area contributed by atoms with E-state index in [0.717, 1.165) is 63.0 Å². The molecule has 4 rings (SSSR count). The van der Waals surface area contributed by atoms with E-state index in [-0.39, 0.29) is 23.8 Å². The zero-order valence-electron chi connectivity index (χ0n) is 15.7. The number of likely N-dealkylation sites (tertiary alicyclic amines) is 1. The Morgan fingerprint density at radius 1 is 1.19 bits per heavy atom. The largest absolute Gasteiger partial charge is 0.381 e. The second-order valence-corrected chi connectivity index (χ2v) is 7.71. The van der Waals surface area contributed by atoms with E-state index in [1.54, 1.807) is 6.20 Å². The molecule has 146 valence electrons. The number of nitrogens with one attached hydrogen (secondary N) is 1. The van der Waals surface area contributed by atoms with E-state index in [9.17, 15) is 9.59 Å². The van der Waals surface area contributed by atoms with Gasteiger partial charge in [0.05, 0.1) is 24.8 Å². The first kappa shape index (κ1) is 18.2. The van der Waals surface area contributed by atoms with Gasteiger partial charge in [0.15, 0.2) is 0 Å². The van der Waals surface area contributed by atoms with Crippen LogP contribution in [0.15, 0.2) is 23.9 Å². The van der Waals surface area contributed by atoms with E-state index < -0.39 is 0 Å². The van der Waals surface area contributed by atoms with Gasteiger partial charge in [-0.25, -0.2) is 4.68 Å². The number of ether oxygens (including phenoxy) is 1. The van der Waals surface area contributed by atoms with Gasteiger partial charge in [-0.1, -0.05) is 6.08 Å². The minimum Gasteiger partial charge on any atom is -0.381 e. The fourth-order valence-electron chi connectivity index (χ4n) is 4.22. The van der Waals surface area contributed by atoms with Crippen molar-refractivity contribution in [2.75, 3.05) is 31.6 Å². The summed E-state index contributed by atoms with van der Waals surface area (Å²) in [7, 11) is 0. The molecule has 0 radical (unpaired) electrons. The minimum absolute atomic E-state index is 0.00565. The van der Waals surface area contributed by atoms with Crippen molar-refractivity contribution in [1.29, 1.82) is 0 Å². The fourth-order valence-corrected chi connectivity index (χ4v) is 4.22. The Morgan fingerprint density at radius 3 is 2.74 bits per heavy atom. The Morgan fingerprint density at radius 2 is 2.04 bits per heavy atom. The van der Waals surface area contributed by atoms with Crippen LogP contribution in [0.4, 0.5) is 5.82 Å². The molecule has 3 aliphatic rings. The molecule has 2 aliphatic heterocycles. The van der Waals surface area contributed by atoms with Crippen molar-refractivity contribution in [2.45, 2.75) is 51.0 Å². The lowest BCUT2D eigenvalue weighted by molar-refractivity contribution is -0.128. The molecule has 0 spiro atoms. The van der Waals surface area contributed by atoms with Crippen LogP contribution in [-0.4, -0.2) is 52.8 Å². The zero-order chi connectivity index (χ0) is 18.6. The van der Waals surface area contributed by atoms with Gasteiger partial charge in [0.1, 0.15) is 5.82 Å². The molecule has 0 aromatic carbocycles. The zero-order valence-corrected chi connectivity index (χ0v) is 15.7. The molecule has 1 unspecified atom stereocenters. The fraction of sp³-hybridized carbons (Fsp3) is 0.650. The van der Waals surface area contributed by atoms with Crippen molar-refractivity contribution < 1.29 is 14.3 Å². The SMILES string of the molecule is O=C(Nc1ccnn1C1CCN(C(=O)C2=CCCCC2)CC1)C1CCOC1. The van der Waals surface area contributed by atoms with E-state index in [4.69, 9.17) is 4.74 Å². The lowest BCUT2D eigenvalue weighted by Gasteiger charge is -2.33. The van der Waals surface area contributed by atoms with Gasteiger partial charge < -0.3 is 15.0 Å². The lowest BCUT2D eigenvalue weighted by atomic mass is 9.97. The number of aromatic nitrogens is 2. The van der Waals surface area contributed by atoms with Gasteiger partial charge in [0, 0.05) is 31.3 Å². The molecular formula is C20H28N4O3. The molecule has 3 heterocycles. The Bertz CT molecular complexity index is 713. The second-order valence-electron chi connectivity index (χ2n) is 7.71. The van der Waals surface area contributed by atoms with Gasteiger partial charge in [0.2, 0.25) is 11.8 Å². The molecule has 2 amide bonds. The van der Waals surface area contributed by atoms with Crippen LogP contribution < -0.4 is 5.32 Å². The molecule has 1 atom stereocenters. The average Bonchev–Trinajstić information content (AvgIpc) is 3.40. The van der Waals surface area contributed by atoms with E-state index in [0.29, 0.717) is 13.2 Å². The monoisotopic (exact) mass is 372 g/mol. The maximum Gasteiger partial charge on any atom is 0.249 e. The van der Waals surface area contributed by atoms with Crippen LogP contribution in [0.1, 0.15) is 51.0 Å². The number of hydrogen-bond donors (Lipinski definition) is 1. The van der Waals surface area contributed by atoms with E-state index >= 15 is 0 Å². The molecule has 1 aromatic heterocycles. The van der Waals surface area contributed by atoms with Crippen LogP contribution in [0, 0.1) is 5.92 Å². The Hall–Kier alpha value is -2.15. The Kier molecular flexibility index (Phi) is 5.57. The van der Waals surface area contributed by atoms with Crippen LogP contribution in [0.3, 0.4) is 0 Å². The van der Waals surface area contributed by atoms with Crippen LogP contribution in [-0.2, 0) is 14.3 Å². The molecule has 1 aliphatic carbocycles. The maximum atomic E-state index is 12.7. The van der Waals surface area contributed by atoms with Crippen LogP contribution in [0.5, 0.6) is 0 Å². The highest BCUT2D eigenvalue weighted by atomic mass is 16.5. The number of rotatable bonds is 4. The molecule has 7 heteroatoms. The maximum absolute atomic E-state index is 12.7. The highest BCUT2D eigenvalue weighted by Gasteiger charge is 2.29. The first-order valence-corrected chi connectivity index (χ1v) is 10.1. The van der Waals surface area contributed by atoms with Crippen molar-refractivity contribution in [3.05, 3.63) is 23.9 Å². The highest BCUT2D eigenvalue weighted by Crippen LogP contribution is 2.28. The summed E-state index contributed by atoms with van der Waals surface area (Å²) in [6.45, 7) is 2.63. The summed E-state index contributed by atoms with van der Waals surface area (Å²) in [5.41, 5.74) is 0.991. The Labute approximate surface area is 159 Å². The normalized spacial score (nSPS) is 23.9. The second kappa shape index (κ2) is 8.25. The molecule has 0 saturated carbocycles. The molecule has 1 aromatic rings. The van der Waals surface area contributed by atoms with E-state index in [2.05, 4.69) is 16.5 Å². The van der Waals surface area contributed by atoms with Gasteiger partial charge in [-0.05, 0) is 44.9 Å². The van der Waals surface area contributed by atoms with Crippen molar-refractivity contribution in [2.24, 2.45) is 5.92 Å². The first-order valence-electron chi connectivity index (χ1n) is 10.1. The number of hydrogen-bond acceptors (Lipinski definition) is 4. The third-order valence-corrected chi connectivity index (χ3v) is 5.89. The van der Waals surface area contributed by atoms with E-state index in [1.807, 2.05) is 15.6 Å². The number of anilines is 1. The number of amides is 2. The predicted octanol–water partition coefficient (Wildman–Crippen LogP) is 2.52. The summed E-state index contributed by atoms with van der Waals surface area (Å²) < 4.78 is 7.22. The van der Waals surface area contributed by atoms with Gasteiger partial charge in [-0.2, -0.15) is 5.10 Å². The van der Waals surface area contributed by atoms with Crippen LogP contribution >= 0.6 is 0 Å². The summed E-state index contributed by atoms with van der Waals surface area (Å²) in [6.07, 6.45) is 10.6. The quantitative estimate of drug-likeness (QED) is 0.881. The summed E-state index contributed by atoms with van der Waals surface area (Å²) in [5, 5.41) is 7.44. The first-order chi connectivity index (χ1) is 13.2. The van der Waals surface area contributed by atoms with E-state index in [1.165, 1.54) is 6.42 Å². The highest BCUT2D eigenvalue weighted by molar-refractivity contribution is 5.93. The van der Waals surface area contributed by atoms with Crippen molar-refractivity contribution >= 4 is 17.6 Å². The molecule has 27 heavy (non-hydrogen) atoms. The summed E-state index contributed by atoms with van der Waals surface area (Å²) in [4.78, 5) is 27.0. The number of carbonyl (C=O) groups is 2. The summed E-state index contributed by atoms with van der Waals surface area (Å²) >= 11 is 0. The standard InChI is InChI=1S/C20H28N4O3/c25-19(16-9-13-27-14-16)22-18-6-10-21-24(18)17-7-11-23(12-8-17)20(26)15-4-2-1-3-5-15/h4,6,10,16-17H,1-3,5,7-9,11-14H2,(H,22,25). The van der Waals surface area contributed by atoms with Crippen LogP contribution in [0.2, 0.25) is 0 Å². The minimum atomic E-state index is -0.0726. The van der Waals surface area contributed by atoms with Crippen LogP contribution in [0.25, 0.3) is 0 Å². The van der Waals surface area contributed by atoms with Gasteiger partial charge in [-0.15, -0.1) is 0 Å².